The minimum absolute atomic E-state index is 0.0223. The molecular formula is C28H42N4O3S. The van der Waals surface area contributed by atoms with E-state index in [1.807, 2.05) is 25.1 Å². The third-order valence-electron chi connectivity index (χ3n) is 6.65. The van der Waals surface area contributed by atoms with Gasteiger partial charge in [-0.3, -0.25) is 14.4 Å². The van der Waals surface area contributed by atoms with Gasteiger partial charge in [-0.25, -0.2) is 4.98 Å². The highest BCUT2D eigenvalue weighted by Crippen LogP contribution is 2.27. The van der Waals surface area contributed by atoms with Crippen molar-refractivity contribution < 1.29 is 14.4 Å². The van der Waals surface area contributed by atoms with Gasteiger partial charge in [0.2, 0.25) is 11.8 Å². The first-order chi connectivity index (χ1) is 17.1. The molecule has 0 spiro atoms. The monoisotopic (exact) mass is 514 g/mol. The molecule has 0 unspecified atom stereocenters. The fourth-order valence-corrected chi connectivity index (χ4v) is 5.25. The number of aromatic nitrogens is 1. The third-order valence-corrected chi connectivity index (χ3v) is 7.69. The summed E-state index contributed by atoms with van der Waals surface area (Å²) in [5.74, 6) is -0.674. The number of amides is 2. The molecule has 3 atom stereocenters. The van der Waals surface area contributed by atoms with Crippen LogP contribution < -0.4 is 10.6 Å². The van der Waals surface area contributed by atoms with Crippen LogP contribution in [0.5, 0.6) is 0 Å². The maximum atomic E-state index is 13.4. The Kier molecular flexibility index (Phi) is 11.7. The lowest BCUT2D eigenvalue weighted by Gasteiger charge is -2.27. The van der Waals surface area contributed by atoms with Crippen LogP contribution in [0.15, 0.2) is 30.4 Å². The number of benzene rings is 1. The molecule has 1 heterocycles. The van der Waals surface area contributed by atoms with Crippen LogP contribution in [0.2, 0.25) is 0 Å². The molecule has 0 bridgehead atoms. The predicted octanol–water partition coefficient (Wildman–Crippen LogP) is 4.15. The van der Waals surface area contributed by atoms with Crippen LogP contribution in [0.4, 0.5) is 0 Å². The van der Waals surface area contributed by atoms with E-state index in [1.54, 1.807) is 18.4 Å². The van der Waals surface area contributed by atoms with E-state index in [9.17, 15) is 14.4 Å². The normalized spacial score (nSPS) is 13.9. The number of hydrogen-bond donors (Lipinski definition) is 2. The lowest BCUT2D eigenvalue weighted by molar-refractivity contribution is -0.131. The van der Waals surface area contributed by atoms with Crippen molar-refractivity contribution in [3.8, 4) is 0 Å². The number of fused-ring (bicyclic) bond motifs is 1. The molecule has 0 aliphatic carbocycles. The van der Waals surface area contributed by atoms with E-state index in [0.717, 1.165) is 28.1 Å². The second-order valence-electron chi connectivity index (χ2n) is 9.85. The summed E-state index contributed by atoms with van der Waals surface area (Å²) < 4.78 is 1.09. The second kappa shape index (κ2) is 14.2. The molecule has 2 aromatic rings. The van der Waals surface area contributed by atoms with Crippen LogP contribution in [-0.2, 0) is 27.2 Å². The third kappa shape index (κ3) is 8.82. The number of nitrogens with one attached hydrogen (secondary N) is 2. The van der Waals surface area contributed by atoms with E-state index in [0.29, 0.717) is 31.4 Å². The van der Waals surface area contributed by atoms with Crippen LogP contribution in [0.25, 0.3) is 10.2 Å². The first-order valence-electron chi connectivity index (χ1n) is 12.8. The van der Waals surface area contributed by atoms with Crippen molar-refractivity contribution >= 4 is 39.2 Å². The standard InChI is InChI=1S/C28H42N4O3S/c1-8-18(3)22(12-13-24(33)19(4)17-32(6)7)31-28(35)21(15-26(34)29-5)16-27-30-23-11-10-20(9-2)14-25(23)36-27/h10-11,14,18,21-22H,4,8-9,12-13,15-17H2,1-3,5-7H3,(H,29,34)(H,31,35)/t18-,21-,22+/m0/s1. The van der Waals surface area contributed by atoms with Crippen molar-refractivity contribution in [3.05, 3.63) is 40.9 Å². The molecule has 2 rings (SSSR count). The number of aryl methyl sites for hydroxylation is 1. The van der Waals surface area contributed by atoms with Gasteiger partial charge in [-0.1, -0.05) is 39.8 Å². The summed E-state index contributed by atoms with van der Waals surface area (Å²) in [5, 5.41) is 6.65. The predicted molar refractivity (Wildman–Crippen MR) is 148 cm³/mol. The van der Waals surface area contributed by atoms with E-state index in [4.69, 9.17) is 4.98 Å². The number of carbonyl (C=O) groups excluding carboxylic acids is 3. The van der Waals surface area contributed by atoms with Crippen molar-refractivity contribution in [1.82, 2.24) is 20.5 Å². The first-order valence-corrected chi connectivity index (χ1v) is 13.6. The summed E-state index contributed by atoms with van der Waals surface area (Å²) in [7, 11) is 5.39. The van der Waals surface area contributed by atoms with Gasteiger partial charge in [0.15, 0.2) is 5.78 Å². The van der Waals surface area contributed by atoms with Gasteiger partial charge in [-0.15, -0.1) is 11.3 Å². The lowest BCUT2D eigenvalue weighted by Crippen LogP contribution is -2.44. The van der Waals surface area contributed by atoms with Gasteiger partial charge in [0.05, 0.1) is 21.1 Å². The van der Waals surface area contributed by atoms with Gasteiger partial charge in [0, 0.05) is 44.5 Å². The number of carbonyl (C=O) groups is 3. The molecule has 1 aromatic carbocycles. The zero-order chi connectivity index (χ0) is 26.8. The smallest absolute Gasteiger partial charge is 0.224 e. The Hall–Kier alpha value is -2.58. The van der Waals surface area contributed by atoms with E-state index in [2.05, 4.69) is 50.1 Å². The summed E-state index contributed by atoms with van der Waals surface area (Å²) in [6.07, 6.45) is 3.18. The molecule has 0 saturated heterocycles. The van der Waals surface area contributed by atoms with E-state index < -0.39 is 5.92 Å². The highest BCUT2D eigenvalue weighted by Gasteiger charge is 2.28. The zero-order valence-electron chi connectivity index (χ0n) is 22.6. The second-order valence-corrected chi connectivity index (χ2v) is 11.0. The molecule has 1 aromatic heterocycles. The Balaban J connectivity index is 2.16. The fraction of sp³-hybridized carbons (Fsp3) is 0.571. The average Bonchev–Trinajstić information content (AvgIpc) is 3.25. The Morgan fingerprint density at radius 1 is 1.19 bits per heavy atom. The molecule has 36 heavy (non-hydrogen) atoms. The lowest BCUT2D eigenvalue weighted by atomic mass is 9.91. The molecule has 2 amide bonds. The summed E-state index contributed by atoms with van der Waals surface area (Å²) in [6.45, 7) is 10.7. The summed E-state index contributed by atoms with van der Waals surface area (Å²) in [6, 6.07) is 6.08. The molecule has 0 aliphatic rings. The van der Waals surface area contributed by atoms with Crippen LogP contribution in [0.3, 0.4) is 0 Å². The van der Waals surface area contributed by atoms with Gasteiger partial charge < -0.3 is 15.5 Å². The Morgan fingerprint density at radius 3 is 2.53 bits per heavy atom. The molecule has 198 valence electrons. The Labute approximate surface area is 219 Å². The SMILES string of the molecule is C=C(CN(C)C)C(=O)CC[C@@H](NC(=O)[C@@H](CC(=O)NC)Cc1nc2ccc(CC)cc2s1)[C@@H](C)CC. The van der Waals surface area contributed by atoms with Gasteiger partial charge in [0.1, 0.15) is 0 Å². The highest BCUT2D eigenvalue weighted by molar-refractivity contribution is 7.18. The molecule has 0 radical (unpaired) electrons. The number of thiazole rings is 1. The number of Topliss-reactive ketones (excluding diaryl/α,β-unsaturated/α-hetero) is 1. The topological polar surface area (TPSA) is 91.4 Å². The largest absolute Gasteiger partial charge is 0.359 e. The zero-order valence-corrected chi connectivity index (χ0v) is 23.5. The average molecular weight is 515 g/mol. The molecule has 7 nitrogen and oxygen atoms in total. The van der Waals surface area contributed by atoms with Crippen molar-refractivity contribution in [2.45, 2.75) is 65.3 Å². The molecule has 0 fully saturated rings. The Morgan fingerprint density at radius 2 is 1.92 bits per heavy atom. The first kappa shape index (κ1) is 29.6. The number of likely N-dealkylation sites (N-methyl/N-ethyl adjacent to an activating group) is 1. The number of hydrogen-bond acceptors (Lipinski definition) is 6. The minimum atomic E-state index is -0.540. The molecular weight excluding hydrogens is 472 g/mol. The molecule has 2 N–H and O–H groups in total. The van der Waals surface area contributed by atoms with Crippen molar-refractivity contribution in [2.75, 3.05) is 27.7 Å². The van der Waals surface area contributed by atoms with Crippen molar-refractivity contribution in [2.24, 2.45) is 11.8 Å². The van der Waals surface area contributed by atoms with Gasteiger partial charge in [0.25, 0.3) is 0 Å². The summed E-state index contributed by atoms with van der Waals surface area (Å²) >= 11 is 1.58. The fourth-order valence-electron chi connectivity index (χ4n) is 4.14. The van der Waals surface area contributed by atoms with Crippen LogP contribution in [0, 0.1) is 11.8 Å². The van der Waals surface area contributed by atoms with E-state index in [1.165, 1.54) is 5.56 Å². The number of ketones is 1. The van der Waals surface area contributed by atoms with E-state index in [-0.39, 0.29) is 36.0 Å². The number of nitrogens with zero attached hydrogens (tertiary/aromatic N) is 2. The van der Waals surface area contributed by atoms with Gasteiger partial charge in [-0.2, -0.15) is 0 Å². The molecule has 0 aliphatic heterocycles. The van der Waals surface area contributed by atoms with Crippen LogP contribution >= 0.6 is 11.3 Å². The van der Waals surface area contributed by atoms with Crippen molar-refractivity contribution in [1.29, 1.82) is 0 Å². The maximum Gasteiger partial charge on any atom is 0.224 e. The van der Waals surface area contributed by atoms with E-state index >= 15 is 0 Å². The molecule has 0 saturated carbocycles. The molecule has 8 heteroatoms. The maximum absolute atomic E-state index is 13.4. The summed E-state index contributed by atoms with van der Waals surface area (Å²) in [4.78, 5) is 44.9. The minimum Gasteiger partial charge on any atom is -0.359 e. The highest BCUT2D eigenvalue weighted by atomic mass is 32.1. The number of rotatable bonds is 15. The van der Waals surface area contributed by atoms with Gasteiger partial charge >= 0.3 is 0 Å². The van der Waals surface area contributed by atoms with Crippen LogP contribution in [0.1, 0.15) is 57.0 Å². The van der Waals surface area contributed by atoms with Crippen molar-refractivity contribution in [3.63, 3.8) is 0 Å². The summed E-state index contributed by atoms with van der Waals surface area (Å²) in [5.41, 5.74) is 2.74. The van der Waals surface area contributed by atoms with Gasteiger partial charge in [-0.05, 0) is 50.6 Å². The van der Waals surface area contributed by atoms with Crippen LogP contribution in [-0.4, -0.2) is 61.2 Å². The Bertz CT molecular complexity index is 1060. The quantitative estimate of drug-likeness (QED) is 0.349.